The van der Waals surface area contributed by atoms with E-state index in [0.717, 1.165) is 19.1 Å². The summed E-state index contributed by atoms with van der Waals surface area (Å²) in [5, 5.41) is 0. The molecule has 0 amide bonds. The molecule has 0 aromatic heterocycles. The molecule has 0 spiro atoms. The zero-order valence-corrected chi connectivity index (χ0v) is 10.3. The molecule has 1 rings (SSSR count). The zero-order valence-electron chi connectivity index (χ0n) is 10.3. The third kappa shape index (κ3) is 4.96. The Morgan fingerprint density at radius 3 is 1.87 bits per heavy atom. The van der Waals surface area contributed by atoms with Gasteiger partial charge in [0.1, 0.15) is 0 Å². The summed E-state index contributed by atoms with van der Waals surface area (Å²) in [4.78, 5) is 2.51. The van der Waals surface area contributed by atoms with E-state index in [2.05, 4.69) is 18.7 Å². The molecule has 0 aromatic carbocycles. The summed E-state index contributed by atoms with van der Waals surface area (Å²) in [6, 6.07) is 1.24. The van der Waals surface area contributed by atoms with Crippen molar-refractivity contribution in [2.75, 3.05) is 13.1 Å². The van der Waals surface area contributed by atoms with E-state index in [9.17, 15) is 0 Å². The molecule has 3 nitrogen and oxygen atoms in total. The van der Waals surface area contributed by atoms with Gasteiger partial charge in [0.05, 0.1) is 0 Å². The number of hydrogen-bond donors (Lipinski definition) is 2. The van der Waals surface area contributed by atoms with Gasteiger partial charge in [-0.25, -0.2) is 0 Å². The molecule has 3 heteroatoms. The number of nitrogens with two attached hydrogens (primary N) is 2. The van der Waals surface area contributed by atoms with Gasteiger partial charge in [-0.15, -0.1) is 0 Å². The molecule has 1 saturated carbocycles. The van der Waals surface area contributed by atoms with Crippen molar-refractivity contribution < 1.29 is 0 Å². The molecule has 0 radical (unpaired) electrons. The first-order valence-corrected chi connectivity index (χ1v) is 6.35. The van der Waals surface area contributed by atoms with Crippen LogP contribution in [0.15, 0.2) is 0 Å². The highest BCUT2D eigenvalue weighted by Crippen LogP contribution is 2.22. The minimum atomic E-state index is 0.255. The SMILES string of the molecule is CC(N)CN(CC(C)N)C1CCCCC1. The average molecular weight is 213 g/mol. The maximum absolute atomic E-state index is 5.89. The topological polar surface area (TPSA) is 55.3 Å². The minimum Gasteiger partial charge on any atom is -0.327 e. The van der Waals surface area contributed by atoms with Crippen LogP contribution in [0.2, 0.25) is 0 Å². The van der Waals surface area contributed by atoms with Gasteiger partial charge in [0.15, 0.2) is 0 Å². The van der Waals surface area contributed by atoms with Crippen LogP contribution in [0.3, 0.4) is 0 Å². The monoisotopic (exact) mass is 213 g/mol. The van der Waals surface area contributed by atoms with Crippen LogP contribution in [0.4, 0.5) is 0 Å². The van der Waals surface area contributed by atoms with Gasteiger partial charge in [0, 0.05) is 31.2 Å². The fraction of sp³-hybridized carbons (Fsp3) is 1.00. The van der Waals surface area contributed by atoms with Gasteiger partial charge in [-0.2, -0.15) is 0 Å². The molecule has 1 fully saturated rings. The highest BCUT2D eigenvalue weighted by molar-refractivity contribution is 4.79. The standard InChI is InChI=1S/C12H27N3/c1-10(13)8-15(9-11(2)14)12-6-4-3-5-7-12/h10-12H,3-9,13-14H2,1-2H3. The third-order valence-corrected chi connectivity index (χ3v) is 3.14. The summed E-state index contributed by atoms with van der Waals surface area (Å²) in [5.41, 5.74) is 11.8. The molecule has 90 valence electrons. The predicted molar refractivity (Wildman–Crippen MR) is 65.7 cm³/mol. The molecule has 0 aromatic rings. The molecule has 0 aliphatic heterocycles. The van der Waals surface area contributed by atoms with Crippen molar-refractivity contribution in [3.63, 3.8) is 0 Å². The van der Waals surface area contributed by atoms with Crippen molar-refractivity contribution >= 4 is 0 Å². The first-order chi connectivity index (χ1) is 7.09. The lowest BCUT2D eigenvalue weighted by Crippen LogP contribution is -2.47. The maximum atomic E-state index is 5.89. The molecular formula is C12H27N3. The molecule has 2 unspecified atom stereocenters. The normalized spacial score (nSPS) is 23.0. The summed E-state index contributed by atoms with van der Waals surface area (Å²) in [7, 11) is 0. The van der Waals surface area contributed by atoms with Gasteiger partial charge >= 0.3 is 0 Å². The molecular weight excluding hydrogens is 186 g/mol. The van der Waals surface area contributed by atoms with Crippen molar-refractivity contribution in [2.24, 2.45) is 11.5 Å². The summed E-state index contributed by atoms with van der Waals surface area (Å²) in [5.74, 6) is 0. The van der Waals surface area contributed by atoms with E-state index in [0.29, 0.717) is 0 Å². The molecule has 2 atom stereocenters. The van der Waals surface area contributed by atoms with E-state index in [4.69, 9.17) is 11.5 Å². The van der Waals surface area contributed by atoms with Crippen molar-refractivity contribution in [1.29, 1.82) is 0 Å². The minimum absolute atomic E-state index is 0.255. The molecule has 0 bridgehead atoms. The summed E-state index contributed by atoms with van der Waals surface area (Å²) >= 11 is 0. The second-order valence-electron chi connectivity index (χ2n) is 5.20. The van der Waals surface area contributed by atoms with Crippen LogP contribution in [-0.4, -0.2) is 36.1 Å². The molecule has 4 N–H and O–H groups in total. The van der Waals surface area contributed by atoms with Crippen LogP contribution in [0, 0.1) is 0 Å². The van der Waals surface area contributed by atoms with E-state index in [1.165, 1.54) is 32.1 Å². The molecule has 15 heavy (non-hydrogen) atoms. The van der Waals surface area contributed by atoms with E-state index in [1.54, 1.807) is 0 Å². The number of nitrogens with zero attached hydrogens (tertiary/aromatic N) is 1. The average Bonchev–Trinajstić information content (AvgIpc) is 2.17. The Balaban J connectivity index is 2.45. The lowest BCUT2D eigenvalue weighted by Gasteiger charge is -2.36. The Bertz CT molecular complexity index is 152. The van der Waals surface area contributed by atoms with Crippen molar-refractivity contribution in [1.82, 2.24) is 4.90 Å². The van der Waals surface area contributed by atoms with Crippen molar-refractivity contribution in [2.45, 2.75) is 64.1 Å². The third-order valence-electron chi connectivity index (χ3n) is 3.14. The highest BCUT2D eigenvalue weighted by atomic mass is 15.2. The van der Waals surface area contributed by atoms with Gasteiger partial charge in [0.25, 0.3) is 0 Å². The zero-order chi connectivity index (χ0) is 11.3. The van der Waals surface area contributed by atoms with Gasteiger partial charge in [-0.1, -0.05) is 19.3 Å². The Kier molecular flexibility index (Phi) is 5.58. The fourth-order valence-corrected chi connectivity index (χ4v) is 2.56. The van der Waals surface area contributed by atoms with Crippen LogP contribution in [0.5, 0.6) is 0 Å². The second kappa shape index (κ2) is 6.46. The summed E-state index contributed by atoms with van der Waals surface area (Å²) in [6.45, 7) is 6.15. The summed E-state index contributed by atoms with van der Waals surface area (Å²) < 4.78 is 0. The van der Waals surface area contributed by atoms with Crippen LogP contribution >= 0.6 is 0 Å². The molecule has 0 heterocycles. The smallest absolute Gasteiger partial charge is 0.0139 e. The van der Waals surface area contributed by atoms with Crippen molar-refractivity contribution in [3.05, 3.63) is 0 Å². The lowest BCUT2D eigenvalue weighted by atomic mass is 9.93. The first kappa shape index (κ1) is 12.9. The Morgan fingerprint density at radius 1 is 1.00 bits per heavy atom. The largest absolute Gasteiger partial charge is 0.327 e. The Hall–Kier alpha value is -0.120. The van der Waals surface area contributed by atoms with Crippen LogP contribution in [-0.2, 0) is 0 Å². The Morgan fingerprint density at radius 2 is 1.47 bits per heavy atom. The molecule has 1 aliphatic rings. The van der Waals surface area contributed by atoms with Crippen LogP contribution in [0.25, 0.3) is 0 Å². The summed E-state index contributed by atoms with van der Waals surface area (Å²) in [6.07, 6.45) is 6.82. The van der Waals surface area contributed by atoms with Gasteiger partial charge in [-0.05, 0) is 26.7 Å². The highest BCUT2D eigenvalue weighted by Gasteiger charge is 2.22. The quantitative estimate of drug-likeness (QED) is 0.724. The number of rotatable bonds is 5. The lowest BCUT2D eigenvalue weighted by molar-refractivity contribution is 0.143. The van der Waals surface area contributed by atoms with Crippen LogP contribution in [0.1, 0.15) is 46.0 Å². The number of hydrogen-bond acceptors (Lipinski definition) is 3. The Labute approximate surface area is 94.2 Å². The van der Waals surface area contributed by atoms with E-state index < -0.39 is 0 Å². The predicted octanol–water partition coefficient (Wildman–Crippen LogP) is 1.32. The van der Waals surface area contributed by atoms with Gasteiger partial charge in [0.2, 0.25) is 0 Å². The van der Waals surface area contributed by atoms with Gasteiger partial charge in [-0.3, -0.25) is 4.90 Å². The second-order valence-corrected chi connectivity index (χ2v) is 5.20. The molecule has 1 aliphatic carbocycles. The van der Waals surface area contributed by atoms with E-state index in [-0.39, 0.29) is 12.1 Å². The molecule has 0 saturated heterocycles. The maximum Gasteiger partial charge on any atom is 0.0139 e. The first-order valence-electron chi connectivity index (χ1n) is 6.35. The van der Waals surface area contributed by atoms with Crippen molar-refractivity contribution in [3.8, 4) is 0 Å². The van der Waals surface area contributed by atoms with Crippen LogP contribution < -0.4 is 11.5 Å². The van der Waals surface area contributed by atoms with E-state index >= 15 is 0 Å². The fourth-order valence-electron chi connectivity index (χ4n) is 2.56. The van der Waals surface area contributed by atoms with Gasteiger partial charge < -0.3 is 11.5 Å². The van der Waals surface area contributed by atoms with E-state index in [1.807, 2.05) is 0 Å².